The van der Waals surface area contributed by atoms with Crippen molar-refractivity contribution in [3.8, 4) is 0 Å². The summed E-state index contributed by atoms with van der Waals surface area (Å²) in [4.78, 5) is 13.2. The quantitative estimate of drug-likeness (QED) is 0.841. The lowest BCUT2D eigenvalue weighted by molar-refractivity contribution is -0.119. The lowest BCUT2D eigenvalue weighted by Gasteiger charge is -2.19. The van der Waals surface area contributed by atoms with Gasteiger partial charge < -0.3 is 15.5 Å². The standard InChI is InChI=1S/C13H20BrN3O/c1-4-16-8-10-5-6-11(7-12(10)14)17(3)9-13(18)15-2/h5-7,16H,4,8-9H2,1-3H3,(H,15,18). The van der Waals surface area contributed by atoms with Crippen molar-refractivity contribution in [1.29, 1.82) is 0 Å². The summed E-state index contributed by atoms with van der Waals surface area (Å²) in [6.07, 6.45) is 0. The average molecular weight is 314 g/mol. The maximum atomic E-state index is 11.3. The van der Waals surface area contributed by atoms with E-state index in [1.165, 1.54) is 5.56 Å². The van der Waals surface area contributed by atoms with Gasteiger partial charge in [-0.1, -0.05) is 28.9 Å². The van der Waals surface area contributed by atoms with Crippen LogP contribution in [0.2, 0.25) is 0 Å². The molecule has 1 aromatic carbocycles. The van der Waals surface area contributed by atoms with Crippen LogP contribution in [0.4, 0.5) is 5.69 Å². The molecule has 0 aliphatic heterocycles. The van der Waals surface area contributed by atoms with E-state index in [0.717, 1.165) is 23.2 Å². The van der Waals surface area contributed by atoms with Crippen LogP contribution in [-0.2, 0) is 11.3 Å². The average Bonchev–Trinajstić information content (AvgIpc) is 2.37. The first-order valence-corrected chi connectivity index (χ1v) is 6.78. The van der Waals surface area contributed by atoms with Gasteiger partial charge in [0.2, 0.25) is 5.91 Å². The number of hydrogen-bond donors (Lipinski definition) is 2. The van der Waals surface area contributed by atoms with Crippen LogP contribution >= 0.6 is 15.9 Å². The van der Waals surface area contributed by atoms with E-state index in [0.29, 0.717) is 6.54 Å². The number of rotatable bonds is 6. The number of nitrogens with zero attached hydrogens (tertiary/aromatic N) is 1. The van der Waals surface area contributed by atoms with Crippen molar-refractivity contribution < 1.29 is 4.79 Å². The molecule has 0 aliphatic rings. The zero-order chi connectivity index (χ0) is 13.5. The van der Waals surface area contributed by atoms with Crippen LogP contribution in [0.25, 0.3) is 0 Å². The zero-order valence-corrected chi connectivity index (χ0v) is 12.7. The topological polar surface area (TPSA) is 44.4 Å². The Morgan fingerprint density at radius 2 is 2.17 bits per heavy atom. The Labute approximate surface area is 117 Å². The van der Waals surface area contributed by atoms with Crippen LogP contribution in [0, 0.1) is 0 Å². The predicted molar refractivity (Wildman–Crippen MR) is 78.9 cm³/mol. The Morgan fingerprint density at radius 3 is 2.72 bits per heavy atom. The Morgan fingerprint density at radius 1 is 1.44 bits per heavy atom. The van der Waals surface area contributed by atoms with Crippen molar-refractivity contribution in [2.45, 2.75) is 13.5 Å². The molecule has 4 nitrogen and oxygen atoms in total. The Kier molecular flexibility index (Phi) is 6.15. The van der Waals surface area contributed by atoms with Crippen LogP contribution in [0.1, 0.15) is 12.5 Å². The van der Waals surface area contributed by atoms with E-state index < -0.39 is 0 Å². The van der Waals surface area contributed by atoms with Crippen LogP contribution < -0.4 is 15.5 Å². The van der Waals surface area contributed by atoms with Gasteiger partial charge >= 0.3 is 0 Å². The fraction of sp³-hybridized carbons (Fsp3) is 0.462. The molecule has 0 bridgehead atoms. The molecule has 0 heterocycles. The third-order valence-electron chi connectivity index (χ3n) is 2.70. The van der Waals surface area contributed by atoms with Gasteiger partial charge in [-0.05, 0) is 24.2 Å². The van der Waals surface area contributed by atoms with Gasteiger partial charge in [-0.15, -0.1) is 0 Å². The number of amides is 1. The van der Waals surface area contributed by atoms with E-state index >= 15 is 0 Å². The van der Waals surface area contributed by atoms with E-state index in [2.05, 4.69) is 39.6 Å². The number of anilines is 1. The second-order valence-corrected chi connectivity index (χ2v) is 4.94. The number of likely N-dealkylation sites (N-methyl/N-ethyl adjacent to an activating group) is 2. The van der Waals surface area contributed by atoms with Gasteiger partial charge in [-0.3, -0.25) is 4.79 Å². The summed E-state index contributed by atoms with van der Waals surface area (Å²) in [6, 6.07) is 6.14. The second kappa shape index (κ2) is 7.38. The number of carbonyl (C=O) groups is 1. The summed E-state index contributed by atoms with van der Waals surface area (Å²) in [7, 11) is 3.55. The lowest BCUT2D eigenvalue weighted by atomic mass is 10.2. The maximum Gasteiger partial charge on any atom is 0.239 e. The molecule has 0 unspecified atom stereocenters. The van der Waals surface area contributed by atoms with E-state index in [9.17, 15) is 4.79 Å². The zero-order valence-electron chi connectivity index (χ0n) is 11.1. The summed E-state index contributed by atoms with van der Waals surface area (Å²) in [5.74, 6) is 0.00495. The summed E-state index contributed by atoms with van der Waals surface area (Å²) in [5, 5.41) is 5.90. The van der Waals surface area contributed by atoms with Crippen molar-refractivity contribution in [3.05, 3.63) is 28.2 Å². The van der Waals surface area contributed by atoms with E-state index in [1.54, 1.807) is 7.05 Å². The van der Waals surface area contributed by atoms with Crippen LogP contribution in [0.3, 0.4) is 0 Å². The third-order valence-corrected chi connectivity index (χ3v) is 3.44. The van der Waals surface area contributed by atoms with Gasteiger partial charge in [0.05, 0.1) is 6.54 Å². The minimum atomic E-state index is 0.00495. The third kappa shape index (κ3) is 4.31. The minimum absolute atomic E-state index is 0.00495. The highest BCUT2D eigenvalue weighted by atomic mass is 79.9. The number of carbonyl (C=O) groups excluding carboxylic acids is 1. The van der Waals surface area contributed by atoms with E-state index in [4.69, 9.17) is 0 Å². The first kappa shape index (κ1) is 15.0. The van der Waals surface area contributed by atoms with Crippen LogP contribution in [-0.4, -0.2) is 33.1 Å². The first-order valence-electron chi connectivity index (χ1n) is 5.99. The highest BCUT2D eigenvalue weighted by Gasteiger charge is 2.08. The molecule has 1 amide bonds. The van der Waals surface area contributed by atoms with Gasteiger partial charge in [-0.2, -0.15) is 0 Å². The Hall–Kier alpha value is -1.07. The largest absolute Gasteiger partial charge is 0.365 e. The number of halogens is 1. The SMILES string of the molecule is CCNCc1ccc(N(C)CC(=O)NC)cc1Br. The molecule has 0 fully saturated rings. The van der Waals surface area contributed by atoms with E-state index in [1.807, 2.05) is 24.1 Å². The monoisotopic (exact) mass is 313 g/mol. The summed E-state index contributed by atoms with van der Waals surface area (Å²) >= 11 is 3.56. The van der Waals surface area contributed by atoms with Gasteiger partial charge in [-0.25, -0.2) is 0 Å². The normalized spacial score (nSPS) is 10.2. The molecule has 100 valence electrons. The molecular formula is C13H20BrN3O. The predicted octanol–water partition coefficient (Wildman–Crippen LogP) is 1.74. The molecule has 5 heteroatoms. The fourth-order valence-corrected chi connectivity index (χ4v) is 2.07. The minimum Gasteiger partial charge on any atom is -0.365 e. The molecule has 1 rings (SSSR count). The molecule has 18 heavy (non-hydrogen) atoms. The molecular weight excluding hydrogens is 294 g/mol. The molecule has 0 radical (unpaired) electrons. The van der Waals surface area contributed by atoms with Crippen LogP contribution in [0.5, 0.6) is 0 Å². The molecule has 0 atom stereocenters. The van der Waals surface area contributed by atoms with Gasteiger partial charge in [0.1, 0.15) is 0 Å². The number of benzene rings is 1. The molecule has 0 saturated carbocycles. The highest BCUT2D eigenvalue weighted by molar-refractivity contribution is 9.10. The fourth-order valence-electron chi connectivity index (χ4n) is 1.56. The van der Waals surface area contributed by atoms with Crippen molar-refractivity contribution in [3.63, 3.8) is 0 Å². The van der Waals surface area contributed by atoms with Crippen molar-refractivity contribution >= 4 is 27.5 Å². The molecule has 0 aromatic heterocycles. The number of hydrogen-bond acceptors (Lipinski definition) is 3. The number of nitrogens with one attached hydrogen (secondary N) is 2. The van der Waals surface area contributed by atoms with E-state index in [-0.39, 0.29) is 5.91 Å². The molecule has 2 N–H and O–H groups in total. The summed E-state index contributed by atoms with van der Waals surface area (Å²) in [5.41, 5.74) is 2.24. The molecule has 0 saturated heterocycles. The van der Waals surface area contributed by atoms with Crippen molar-refractivity contribution in [1.82, 2.24) is 10.6 Å². The Bertz CT molecular complexity index is 409. The Balaban J connectivity index is 2.73. The van der Waals surface area contributed by atoms with Crippen molar-refractivity contribution in [2.24, 2.45) is 0 Å². The summed E-state index contributed by atoms with van der Waals surface area (Å²) < 4.78 is 1.06. The lowest BCUT2D eigenvalue weighted by Crippen LogP contribution is -2.32. The first-order chi connectivity index (χ1) is 8.58. The smallest absolute Gasteiger partial charge is 0.239 e. The molecule has 1 aromatic rings. The van der Waals surface area contributed by atoms with Crippen molar-refractivity contribution in [2.75, 3.05) is 32.1 Å². The highest BCUT2D eigenvalue weighted by Crippen LogP contribution is 2.23. The molecule has 0 spiro atoms. The second-order valence-electron chi connectivity index (χ2n) is 4.09. The molecule has 0 aliphatic carbocycles. The van der Waals surface area contributed by atoms with Gasteiger partial charge in [0.15, 0.2) is 0 Å². The maximum absolute atomic E-state index is 11.3. The van der Waals surface area contributed by atoms with Gasteiger partial charge in [0.25, 0.3) is 0 Å². The van der Waals surface area contributed by atoms with Gasteiger partial charge in [0, 0.05) is 30.8 Å². The van der Waals surface area contributed by atoms with Crippen LogP contribution in [0.15, 0.2) is 22.7 Å². The summed E-state index contributed by atoms with van der Waals surface area (Å²) in [6.45, 7) is 4.23.